The third kappa shape index (κ3) is 4.64. The van der Waals surface area contributed by atoms with Crippen LogP contribution in [0.5, 0.6) is 17.2 Å². The first-order chi connectivity index (χ1) is 14.6. The lowest BCUT2D eigenvalue weighted by atomic mass is 9.98. The fourth-order valence-corrected chi connectivity index (χ4v) is 3.65. The first-order valence-corrected chi connectivity index (χ1v) is 10.2. The molecule has 4 rings (SSSR count). The lowest BCUT2D eigenvalue weighted by Gasteiger charge is -2.21. The number of ether oxygens (including phenoxy) is 4. The Balaban J connectivity index is 1.37. The topological polar surface area (TPSA) is 71.1 Å². The van der Waals surface area contributed by atoms with Crippen LogP contribution in [0.15, 0.2) is 48.2 Å². The summed E-state index contributed by atoms with van der Waals surface area (Å²) in [7, 11) is 1.60. The minimum atomic E-state index is -0.375. The molecule has 0 saturated heterocycles. The summed E-state index contributed by atoms with van der Waals surface area (Å²) in [5.41, 5.74) is 1.29. The molecule has 156 valence electrons. The van der Waals surface area contributed by atoms with Crippen molar-refractivity contribution in [3.8, 4) is 17.2 Å². The first kappa shape index (κ1) is 20.0. The van der Waals surface area contributed by atoms with Crippen LogP contribution in [0.1, 0.15) is 48.0 Å². The van der Waals surface area contributed by atoms with E-state index in [1.54, 1.807) is 31.4 Å². The molecule has 1 heterocycles. The van der Waals surface area contributed by atoms with E-state index in [4.69, 9.17) is 18.9 Å². The third-order valence-corrected chi connectivity index (χ3v) is 5.26. The maximum Gasteiger partial charge on any atom is 0.344 e. The van der Waals surface area contributed by atoms with Gasteiger partial charge in [0.25, 0.3) is 0 Å². The number of allylic oxidation sites excluding steroid dienone is 1. The number of esters is 1. The van der Waals surface area contributed by atoms with Crippen LogP contribution in [0.4, 0.5) is 0 Å². The smallest absolute Gasteiger partial charge is 0.344 e. The monoisotopic (exact) mass is 408 g/mol. The van der Waals surface area contributed by atoms with Crippen LogP contribution in [0.2, 0.25) is 0 Å². The van der Waals surface area contributed by atoms with Crippen molar-refractivity contribution in [1.29, 1.82) is 0 Å². The number of carbonyl (C=O) groups excluding carboxylic acids is 2. The van der Waals surface area contributed by atoms with Crippen molar-refractivity contribution < 1.29 is 28.5 Å². The Morgan fingerprint density at radius 3 is 2.53 bits per heavy atom. The predicted molar refractivity (Wildman–Crippen MR) is 111 cm³/mol. The van der Waals surface area contributed by atoms with Crippen molar-refractivity contribution in [2.75, 3.05) is 13.7 Å². The van der Waals surface area contributed by atoms with E-state index in [9.17, 15) is 9.59 Å². The van der Waals surface area contributed by atoms with Crippen molar-refractivity contribution in [2.24, 2.45) is 0 Å². The summed E-state index contributed by atoms with van der Waals surface area (Å²) in [5, 5.41) is 0. The second-order valence-electron chi connectivity index (χ2n) is 7.41. The summed E-state index contributed by atoms with van der Waals surface area (Å²) < 4.78 is 21.9. The number of methoxy groups -OCH3 is 1. The Bertz CT molecular complexity index is 954. The minimum absolute atomic E-state index is 0.00137. The molecule has 6 heteroatoms. The number of fused-ring (bicyclic) bond motifs is 1. The highest BCUT2D eigenvalue weighted by atomic mass is 16.6. The maximum atomic E-state index is 12.6. The van der Waals surface area contributed by atoms with E-state index in [1.807, 2.05) is 24.3 Å². The molecule has 0 unspecified atom stereocenters. The normalized spacial score (nSPS) is 17.4. The Kier molecular flexibility index (Phi) is 6.02. The van der Waals surface area contributed by atoms with Gasteiger partial charge in [-0.05, 0) is 61.6 Å². The van der Waals surface area contributed by atoms with Crippen LogP contribution in [0.3, 0.4) is 0 Å². The Morgan fingerprint density at radius 2 is 1.80 bits per heavy atom. The molecule has 30 heavy (non-hydrogen) atoms. The van der Waals surface area contributed by atoms with Gasteiger partial charge in [-0.3, -0.25) is 4.79 Å². The van der Waals surface area contributed by atoms with Crippen molar-refractivity contribution in [2.45, 2.75) is 38.2 Å². The molecule has 0 spiro atoms. The molecular weight excluding hydrogens is 384 g/mol. The van der Waals surface area contributed by atoms with Gasteiger partial charge in [0, 0.05) is 6.07 Å². The van der Waals surface area contributed by atoms with Gasteiger partial charge in [-0.25, -0.2) is 4.79 Å². The zero-order valence-electron chi connectivity index (χ0n) is 16.9. The highest BCUT2D eigenvalue weighted by Crippen LogP contribution is 2.35. The van der Waals surface area contributed by atoms with Gasteiger partial charge < -0.3 is 18.9 Å². The van der Waals surface area contributed by atoms with Gasteiger partial charge in [0.2, 0.25) is 5.78 Å². The van der Waals surface area contributed by atoms with E-state index in [0.717, 1.165) is 37.0 Å². The number of hydrogen-bond donors (Lipinski definition) is 0. The molecule has 1 aliphatic carbocycles. The standard InChI is InChI=1S/C24H24O6/c1-27-17-9-7-16(8-10-17)13-22-24(26)20-12-11-19(14-21(20)30-22)28-15-23(25)29-18-5-3-2-4-6-18/h7-14,18H,2-6,15H2,1H3/b22-13+. The van der Waals surface area contributed by atoms with E-state index >= 15 is 0 Å². The lowest BCUT2D eigenvalue weighted by Crippen LogP contribution is -2.24. The van der Waals surface area contributed by atoms with Crippen LogP contribution in [-0.2, 0) is 9.53 Å². The van der Waals surface area contributed by atoms with Gasteiger partial charge >= 0.3 is 5.97 Å². The van der Waals surface area contributed by atoms with E-state index in [0.29, 0.717) is 17.1 Å². The molecule has 0 amide bonds. The average Bonchev–Trinajstić information content (AvgIpc) is 3.08. The van der Waals surface area contributed by atoms with Crippen LogP contribution in [-0.4, -0.2) is 31.6 Å². The molecule has 2 aliphatic rings. The number of rotatable bonds is 6. The van der Waals surface area contributed by atoms with Gasteiger partial charge in [-0.2, -0.15) is 0 Å². The fraction of sp³-hybridized carbons (Fsp3) is 0.333. The van der Waals surface area contributed by atoms with Crippen molar-refractivity contribution in [1.82, 2.24) is 0 Å². The van der Waals surface area contributed by atoms with E-state index in [1.165, 1.54) is 6.42 Å². The van der Waals surface area contributed by atoms with E-state index < -0.39 is 0 Å². The van der Waals surface area contributed by atoms with Gasteiger partial charge in [0.1, 0.15) is 23.4 Å². The van der Waals surface area contributed by atoms with Crippen molar-refractivity contribution >= 4 is 17.8 Å². The highest BCUT2D eigenvalue weighted by molar-refractivity contribution is 6.14. The Labute approximate surface area is 175 Å². The molecule has 2 aromatic rings. The molecule has 0 bridgehead atoms. The fourth-order valence-electron chi connectivity index (χ4n) is 3.65. The van der Waals surface area contributed by atoms with Crippen LogP contribution in [0, 0.1) is 0 Å². The molecule has 1 aliphatic heterocycles. The molecule has 1 fully saturated rings. The molecule has 0 N–H and O–H groups in total. The highest BCUT2D eigenvalue weighted by Gasteiger charge is 2.28. The molecule has 0 atom stereocenters. The number of ketones is 1. The zero-order valence-corrected chi connectivity index (χ0v) is 16.9. The van der Waals surface area contributed by atoms with Gasteiger partial charge in [-0.15, -0.1) is 0 Å². The number of Topliss-reactive ketones (excluding diaryl/α,β-unsaturated/α-hetero) is 1. The summed E-state index contributed by atoms with van der Waals surface area (Å²) in [6, 6.07) is 12.2. The largest absolute Gasteiger partial charge is 0.497 e. The summed E-state index contributed by atoms with van der Waals surface area (Å²) in [6.07, 6.45) is 6.93. The van der Waals surface area contributed by atoms with Crippen LogP contribution >= 0.6 is 0 Å². The molecule has 0 aromatic heterocycles. The lowest BCUT2D eigenvalue weighted by molar-refractivity contribution is -0.152. The maximum absolute atomic E-state index is 12.6. The van der Waals surface area contributed by atoms with Crippen molar-refractivity contribution in [3.63, 3.8) is 0 Å². The predicted octanol–water partition coefficient (Wildman–Crippen LogP) is 4.57. The first-order valence-electron chi connectivity index (χ1n) is 10.2. The molecule has 1 saturated carbocycles. The second kappa shape index (κ2) is 9.03. The number of hydrogen-bond acceptors (Lipinski definition) is 6. The average molecular weight is 408 g/mol. The molecular formula is C24H24O6. The van der Waals surface area contributed by atoms with Crippen LogP contribution < -0.4 is 14.2 Å². The molecule has 2 aromatic carbocycles. The Morgan fingerprint density at radius 1 is 1.07 bits per heavy atom. The zero-order chi connectivity index (χ0) is 20.9. The summed E-state index contributed by atoms with van der Waals surface area (Å²) in [4.78, 5) is 24.6. The van der Waals surface area contributed by atoms with Crippen LogP contribution in [0.25, 0.3) is 6.08 Å². The summed E-state index contributed by atoms with van der Waals surface area (Å²) in [5.74, 6) is 1.28. The van der Waals surface area contributed by atoms with Crippen molar-refractivity contribution in [3.05, 3.63) is 59.4 Å². The van der Waals surface area contributed by atoms with E-state index in [-0.39, 0.29) is 30.2 Å². The minimum Gasteiger partial charge on any atom is -0.497 e. The molecule has 6 nitrogen and oxygen atoms in total. The second-order valence-corrected chi connectivity index (χ2v) is 7.41. The number of carbonyl (C=O) groups is 2. The SMILES string of the molecule is COc1ccc(/C=C2/Oc3cc(OCC(=O)OC4CCCCC4)ccc3C2=O)cc1. The summed E-state index contributed by atoms with van der Waals surface area (Å²) in [6.45, 7) is -0.169. The third-order valence-electron chi connectivity index (χ3n) is 5.26. The van der Waals surface area contributed by atoms with Gasteiger partial charge in [0.15, 0.2) is 12.4 Å². The van der Waals surface area contributed by atoms with Gasteiger partial charge in [-0.1, -0.05) is 18.6 Å². The summed E-state index contributed by atoms with van der Waals surface area (Å²) >= 11 is 0. The van der Waals surface area contributed by atoms with Gasteiger partial charge in [0.05, 0.1) is 12.7 Å². The number of benzene rings is 2. The molecule has 0 radical (unpaired) electrons. The van der Waals surface area contributed by atoms with E-state index in [2.05, 4.69) is 0 Å². The Hall–Kier alpha value is -3.28. The quantitative estimate of drug-likeness (QED) is 0.515.